The number of halogens is 3. The molecule has 3 aromatic rings. The van der Waals surface area contributed by atoms with E-state index in [1.165, 1.54) is 12.1 Å². The Morgan fingerprint density at radius 3 is 2.10 bits per heavy atom. The first-order valence-electron chi connectivity index (χ1n) is 14.2. The van der Waals surface area contributed by atoms with Gasteiger partial charge in [-0.15, -0.1) is 0 Å². The maximum atomic E-state index is 14.2. The topological polar surface area (TPSA) is 43.9 Å². The molecule has 5 nitrogen and oxygen atoms in total. The number of likely N-dealkylation sites (N-methyl/N-ethyl adjacent to an activating group) is 1. The second-order valence-corrected chi connectivity index (χ2v) is 11.2. The van der Waals surface area contributed by atoms with Gasteiger partial charge in [-0.2, -0.15) is 13.2 Å². The van der Waals surface area contributed by atoms with Crippen LogP contribution < -0.4 is 0 Å². The molecule has 2 aliphatic rings. The zero-order valence-electron chi connectivity index (χ0n) is 23.3. The van der Waals surface area contributed by atoms with Gasteiger partial charge in [0.1, 0.15) is 0 Å². The van der Waals surface area contributed by atoms with Gasteiger partial charge in [-0.1, -0.05) is 78.9 Å². The van der Waals surface area contributed by atoms with Gasteiger partial charge in [0.25, 0.3) is 0 Å². The van der Waals surface area contributed by atoms with Crippen LogP contribution in [0, 0.1) is 0 Å². The Hall–Kier alpha value is -3.65. The molecule has 2 heterocycles. The van der Waals surface area contributed by atoms with Crippen molar-refractivity contribution < 1.29 is 22.8 Å². The summed E-state index contributed by atoms with van der Waals surface area (Å²) in [6, 6.07) is 25.2. The van der Waals surface area contributed by atoms with E-state index in [0.717, 1.165) is 36.5 Å². The van der Waals surface area contributed by atoms with Crippen LogP contribution in [0.3, 0.4) is 0 Å². The fourth-order valence-corrected chi connectivity index (χ4v) is 6.36. The molecule has 2 aliphatic heterocycles. The molecule has 0 aliphatic carbocycles. The van der Waals surface area contributed by atoms with E-state index < -0.39 is 17.2 Å². The molecular weight excluding hydrogens is 527 g/mol. The van der Waals surface area contributed by atoms with E-state index in [4.69, 9.17) is 0 Å². The van der Waals surface area contributed by atoms with Gasteiger partial charge in [-0.3, -0.25) is 14.5 Å². The van der Waals surface area contributed by atoms with Crippen molar-refractivity contribution in [3.63, 3.8) is 0 Å². The number of alkyl halides is 3. The van der Waals surface area contributed by atoms with Gasteiger partial charge in [-0.25, -0.2) is 0 Å². The lowest BCUT2D eigenvalue weighted by Gasteiger charge is -2.43. The summed E-state index contributed by atoms with van der Waals surface area (Å²) in [6.07, 6.45) is -1.42. The summed E-state index contributed by atoms with van der Waals surface area (Å²) in [6.45, 7) is 2.38. The van der Waals surface area contributed by atoms with Gasteiger partial charge in [0, 0.05) is 39.3 Å². The molecule has 0 spiro atoms. The van der Waals surface area contributed by atoms with Gasteiger partial charge < -0.3 is 9.80 Å². The zero-order valence-corrected chi connectivity index (χ0v) is 23.3. The van der Waals surface area contributed by atoms with Crippen molar-refractivity contribution in [2.24, 2.45) is 0 Å². The van der Waals surface area contributed by atoms with Crippen molar-refractivity contribution in [3.8, 4) is 0 Å². The van der Waals surface area contributed by atoms with Crippen LogP contribution in [0.25, 0.3) is 0 Å². The Morgan fingerprint density at radius 2 is 1.51 bits per heavy atom. The fourth-order valence-electron chi connectivity index (χ4n) is 6.36. The van der Waals surface area contributed by atoms with E-state index in [1.807, 2.05) is 60.7 Å². The van der Waals surface area contributed by atoms with Crippen LogP contribution in [0.2, 0.25) is 0 Å². The van der Waals surface area contributed by atoms with Gasteiger partial charge in [0.15, 0.2) is 0 Å². The molecule has 8 heteroatoms. The van der Waals surface area contributed by atoms with Gasteiger partial charge in [-0.05, 0) is 48.4 Å². The summed E-state index contributed by atoms with van der Waals surface area (Å²) in [5, 5.41) is 0. The predicted octanol–water partition coefficient (Wildman–Crippen LogP) is 5.74. The van der Waals surface area contributed by atoms with Crippen molar-refractivity contribution in [1.29, 1.82) is 0 Å². The molecule has 0 atom stereocenters. The summed E-state index contributed by atoms with van der Waals surface area (Å²) in [4.78, 5) is 33.2. The smallest absolute Gasteiger partial charge is 0.341 e. The Kier molecular flexibility index (Phi) is 8.50. The molecule has 216 valence electrons. The Morgan fingerprint density at radius 1 is 0.902 bits per heavy atom. The van der Waals surface area contributed by atoms with Crippen LogP contribution in [0.4, 0.5) is 13.2 Å². The Bertz CT molecular complexity index is 1300. The van der Waals surface area contributed by atoms with Crippen LogP contribution in [-0.4, -0.2) is 65.8 Å². The minimum absolute atomic E-state index is 0.0214. The minimum atomic E-state index is -4.36. The SMILES string of the molecule is CN(C(=O)CN1CCCC(c2ccccc2)(c2ccccc2)C1=O)C1CCN(Cc2cccc(C(F)(F)F)c2)CC1. The van der Waals surface area contributed by atoms with E-state index in [2.05, 4.69) is 4.90 Å². The molecule has 41 heavy (non-hydrogen) atoms. The monoisotopic (exact) mass is 563 g/mol. The van der Waals surface area contributed by atoms with Gasteiger partial charge in [0.05, 0.1) is 17.5 Å². The van der Waals surface area contributed by atoms with Crippen molar-refractivity contribution in [2.45, 2.75) is 49.9 Å². The van der Waals surface area contributed by atoms with E-state index in [9.17, 15) is 22.8 Å². The largest absolute Gasteiger partial charge is 0.416 e. The molecule has 0 saturated carbocycles. The maximum Gasteiger partial charge on any atom is 0.416 e. The number of nitrogens with zero attached hydrogens (tertiary/aromatic N) is 3. The molecule has 2 saturated heterocycles. The van der Waals surface area contributed by atoms with Crippen LogP contribution in [0.15, 0.2) is 84.9 Å². The summed E-state index contributed by atoms with van der Waals surface area (Å²) >= 11 is 0. The van der Waals surface area contributed by atoms with Crippen LogP contribution in [-0.2, 0) is 27.7 Å². The highest BCUT2D eigenvalue weighted by atomic mass is 19.4. The molecule has 2 fully saturated rings. The van der Waals surface area contributed by atoms with Crippen LogP contribution in [0.5, 0.6) is 0 Å². The lowest BCUT2D eigenvalue weighted by atomic mass is 9.68. The summed E-state index contributed by atoms with van der Waals surface area (Å²) < 4.78 is 39.3. The highest BCUT2D eigenvalue weighted by molar-refractivity contribution is 5.95. The zero-order chi connectivity index (χ0) is 29.0. The van der Waals surface area contributed by atoms with E-state index in [-0.39, 0.29) is 24.4 Å². The number of carbonyl (C=O) groups excluding carboxylic acids is 2. The third-order valence-electron chi connectivity index (χ3n) is 8.65. The highest BCUT2D eigenvalue weighted by Crippen LogP contribution is 2.41. The van der Waals surface area contributed by atoms with Gasteiger partial charge in [0.2, 0.25) is 11.8 Å². The summed E-state index contributed by atoms with van der Waals surface area (Å²) in [5.74, 6) is -0.134. The number of piperidine rings is 2. The third-order valence-corrected chi connectivity index (χ3v) is 8.65. The highest BCUT2D eigenvalue weighted by Gasteiger charge is 2.47. The van der Waals surface area contributed by atoms with Crippen molar-refractivity contribution in [3.05, 3.63) is 107 Å². The first-order valence-corrected chi connectivity index (χ1v) is 14.2. The quantitative estimate of drug-likeness (QED) is 0.369. The molecule has 0 unspecified atom stereocenters. The number of hydrogen-bond donors (Lipinski definition) is 0. The number of likely N-dealkylation sites (tertiary alicyclic amines) is 2. The number of rotatable bonds is 7. The summed E-state index contributed by atoms with van der Waals surface area (Å²) in [5.41, 5.74) is 1.05. The third kappa shape index (κ3) is 6.17. The van der Waals surface area contributed by atoms with E-state index in [1.54, 1.807) is 22.9 Å². The van der Waals surface area contributed by atoms with Crippen LogP contribution in [0.1, 0.15) is 47.9 Å². The van der Waals surface area contributed by atoms with E-state index >= 15 is 0 Å². The molecule has 0 bridgehead atoms. The predicted molar refractivity (Wildman–Crippen MR) is 152 cm³/mol. The second kappa shape index (κ2) is 12.1. The Balaban J connectivity index is 1.22. The summed E-state index contributed by atoms with van der Waals surface area (Å²) in [7, 11) is 1.80. The van der Waals surface area contributed by atoms with Crippen LogP contribution >= 0.6 is 0 Å². The molecule has 0 aromatic heterocycles. The normalized spacial score (nSPS) is 18.3. The van der Waals surface area contributed by atoms with Crippen molar-refractivity contribution in [2.75, 3.05) is 33.2 Å². The van der Waals surface area contributed by atoms with Gasteiger partial charge >= 0.3 is 6.18 Å². The molecule has 5 rings (SSSR count). The van der Waals surface area contributed by atoms with Crippen molar-refractivity contribution in [1.82, 2.24) is 14.7 Å². The van der Waals surface area contributed by atoms with E-state index in [0.29, 0.717) is 38.2 Å². The number of carbonyl (C=O) groups is 2. The first-order chi connectivity index (χ1) is 19.7. The molecule has 0 N–H and O–H groups in total. The molecule has 3 aromatic carbocycles. The number of amides is 2. The van der Waals surface area contributed by atoms with Crippen molar-refractivity contribution >= 4 is 11.8 Å². The molecular formula is C33H36F3N3O2. The number of hydrogen-bond acceptors (Lipinski definition) is 3. The first kappa shape index (κ1) is 28.9. The molecule has 0 radical (unpaired) electrons. The lowest BCUT2D eigenvalue weighted by molar-refractivity contribution is -0.146. The Labute approximate surface area is 239 Å². The molecule has 2 amide bonds. The lowest BCUT2D eigenvalue weighted by Crippen LogP contribution is -2.55. The fraction of sp³-hybridized carbons (Fsp3) is 0.394. The average Bonchev–Trinajstić information content (AvgIpc) is 2.99. The second-order valence-electron chi connectivity index (χ2n) is 11.2. The maximum absolute atomic E-state index is 14.2. The minimum Gasteiger partial charge on any atom is -0.341 e. The number of benzene rings is 3. The standard InChI is InChI=1S/C33H36F3N3O2/c1-37(29-16-20-38(21-17-29)23-25-10-8-15-28(22-25)33(34,35)36)30(40)24-39-19-9-18-32(31(39)41,26-11-4-2-5-12-26)27-13-6-3-7-14-27/h2-8,10-15,22,29H,9,16-21,23-24H2,1H3. The average molecular weight is 564 g/mol.